The number of nitrogens with zero attached hydrogens (tertiary/aromatic N) is 1. The lowest BCUT2D eigenvalue weighted by molar-refractivity contribution is -0.139. The van der Waals surface area contributed by atoms with Gasteiger partial charge in [-0.1, -0.05) is 6.92 Å². The standard InChI is InChI=1S/C11H14N2O4/c1-2-6(10(14)15)9-7-5-17-4-3-8(7)12-11(16)13-9/h6H,2-5H2,1H3,(H,14,15)(H,12,13,16). The molecule has 1 unspecified atom stereocenters. The fraction of sp³-hybridized carbons (Fsp3) is 0.545. The van der Waals surface area contributed by atoms with E-state index >= 15 is 0 Å². The molecule has 6 nitrogen and oxygen atoms in total. The molecule has 1 aliphatic rings. The third-order valence-corrected chi connectivity index (χ3v) is 2.93. The summed E-state index contributed by atoms with van der Waals surface area (Å²) in [4.78, 5) is 29.0. The van der Waals surface area contributed by atoms with Crippen LogP contribution in [0.1, 0.15) is 36.2 Å². The molecule has 2 N–H and O–H groups in total. The molecule has 0 saturated carbocycles. The largest absolute Gasteiger partial charge is 0.481 e. The lowest BCUT2D eigenvalue weighted by Crippen LogP contribution is -2.27. The highest BCUT2D eigenvalue weighted by Crippen LogP contribution is 2.25. The molecule has 0 aliphatic carbocycles. The van der Waals surface area contributed by atoms with E-state index in [2.05, 4.69) is 9.97 Å². The third-order valence-electron chi connectivity index (χ3n) is 2.93. The summed E-state index contributed by atoms with van der Waals surface area (Å²) in [5, 5.41) is 9.13. The van der Waals surface area contributed by atoms with E-state index < -0.39 is 17.6 Å². The van der Waals surface area contributed by atoms with Crippen molar-refractivity contribution in [3.05, 3.63) is 27.4 Å². The van der Waals surface area contributed by atoms with E-state index in [0.29, 0.717) is 31.7 Å². The Morgan fingerprint density at radius 2 is 2.41 bits per heavy atom. The third kappa shape index (κ3) is 2.21. The van der Waals surface area contributed by atoms with Gasteiger partial charge in [-0.2, -0.15) is 4.98 Å². The molecule has 1 aromatic rings. The molecular formula is C11H14N2O4. The second-order valence-electron chi connectivity index (χ2n) is 3.99. The molecule has 0 radical (unpaired) electrons. The van der Waals surface area contributed by atoms with Gasteiger partial charge in [-0.25, -0.2) is 4.79 Å². The van der Waals surface area contributed by atoms with Crippen molar-refractivity contribution in [2.75, 3.05) is 6.61 Å². The molecule has 0 aromatic carbocycles. The summed E-state index contributed by atoms with van der Waals surface area (Å²) in [6, 6.07) is 0. The quantitative estimate of drug-likeness (QED) is 0.796. The lowest BCUT2D eigenvalue weighted by Gasteiger charge is -2.20. The van der Waals surface area contributed by atoms with Crippen molar-refractivity contribution in [2.45, 2.75) is 32.3 Å². The Hall–Kier alpha value is -1.69. The molecule has 0 bridgehead atoms. The lowest BCUT2D eigenvalue weighted by atomic mass is 9.95. The van der Waals surface area contributed by atoms with Crippen molar-refractivity contribution >= 4 is 5.97 Å². The van der Waals surface area contributed by atoms with Gasteiger partial charge in [-0.3, -0.25) is 4.79 Å². The van der Waals surface area contributed by atoms with Crippen LogP contribution in [0.4, 0.5) is 0 Å². The van der Waals surface area contributed by atoms with Gasteiger partial charge in [0.15, 0.2) is 0 Å². The molecule has 1 aliphatic heterocycles. The first kappa shape index (κ1) is 11.8. The molecule has 1 atom stereocenters. The van der Waals surface area contributed by atoms with Crippen LogP contribution in [-0.4, -0.2) is 27.7 Å². The maximum absolute atomic E-state index is 11.4. The number of carboxylic acid groups (broad SMARTS) is 1. The smallest absolute Gasteiger partial charge is 0.345 e. The highest BCUT2D eigenvalue weighted by molar-refractivity contribution is 5.75. The summed E-state index contributed by atoms with van der Waals surface area (Å²) in [5.41, 5.74) is 1.34. The number of rotatable bonds is 3. The van der Waals surface area contributed by atoms with E-state index in [0.717, 1.165) is 11.3 Å². The SMILES string of the molecule is CCC(C(=O)O)c1nc(=O)[nH]c2c1COCC2. The second kappa shape index (κ2) is 4.67. The van der Waals surface area contributed by atoms with Gasteiger partial charge in [0.2, 0.25) is 0 Å². The first-order valence-electron chi connectivity index (χ1n) is 5.56. The highest BCUT2D eigenvalue weighted by atomic mass is 16.5. The van der Waals surface area contributed by atoms with Crippen LogP contribution < -0.4 is 5.69 Å². The number of ether oxygens (including phenoxy) is 1. The van der Waals surface area contributed by atoms with E-state index in [1.807, 2.05) is 0 Å². The Morgan fingerprint density at radius 3 is 3.06 bits per heavy atom. The van der Waals surface area contributed by atoms with E-state index in [-0.39, 0.29) is 0 Å². The molecular weight excluding hydrogens is 224 g/mol. The Morgan fingerprint density at radius 1 is 1.65 bits per heavy atom. The van der Waals surface area contributed by atoms with Crippen molar-refractivity contribution < 1.29 is 14.6 Å². The van der Waals surface area contributed by atoms with Gasteiger partial charge in [-0.15, -0.1) is 0 Å². The summed E-state index contributed by atoms with van der Waals surface area (Å²) in [6.07, 6.45) is 0.994. The summed E-state index contributed by atoms with van der Waals surface area (Å²) < 4.78 is 5.30. The Labute approximate surface area is 97.7 Å². The van der Waals surface area contributed by atoms with Crippen molar-refractivity contribution in [1.29, 1.82) is 0 Å². The van der Waals surface area contributed by atoms with Crippen LogP contribution in [-0.2, 0) is 22.6 Å². The highest BCUT2D eigenvalue weighted by Gasteiger charge is 2.26. The van der Waals surface area contributed by atoms with Gasteiger partial charge in [0.25, 0.3) is 0 Å². The number of nitrogens with one attached hydrogen (secondary N) is 1. The van der Waals surface area contributed by atoms with Crippen LogP contribution in [0.2, 0.25) is 0 Å². The van der Waals surface area contributed by atoms with Crippen LogP contribution in [0.3, 0.4) is 0 Å². The number of aliphatic carboxylic acids is 1. The molecule has 17 heavy (non-hydrogen) atoms. The molecule has 0 spiro atoms. The van der Waals surface area contributed by atoms with Crippen molar-refractivity contribution in [2.24, 2.45) is 0 Å². The minimum Gasteiger partial charge on any atom is -0.481 e. The number of carbonyl (C=O) groups is 1. The minimum absolute atomic E-state index is 0.318. The van der Waals surface area contributed by atoms with Crippen molar-refractivity contribution in [1.82, 2.24) is 9.97 Å². The van der Waals surface area contributed by atoms with Gasteiger partial charge in [0.1, 0.15) is 0 Å². The monoisotopic (exact) mass is 238 g/mol. The zero-order valence-corrected chi connectivity index (χ0v) is 9.52. The number of hydrogen-bond acceptors (Lipinski definition) is 4. The number of aromatic nitrogens is 2. The minimum atomic E-state index is -0.960. The number of fused-ring (bicyclic) bond motifs is 1. The molecule has 2 rings (SSSR count). The Kier molecular flexibility index (Phi) is 3.23. The molecule has 1 aromatic heterocycles. The predicted octanol–water partition coefficient (Wildman–Crippen LogP) is 0.421. The molecule has 0 fully saturated rings. The van der Waals surface area contributed by atoms with Gasteiger partial charge < -0.3 is 14.8 Å². The summed E-state index contributed by atoms with van der Waals surface area (Å²) in [5.74, 6) is -1.70. The maximum atomic E-state index is 11.4. The first-order chi connectivity index (χ1) is 8.13. The van der Waals surface area contributed by atoms with E-state index in [1.165, 1.54) is 0 Å². The van der Waals surface area contributed by atoms with Crippen LogP contribution in [0.5, 0.6) is 0 Å². The molecule has 0 amide bonds. The summed E-state index contributed by atoms with van der Waals surface area (Å²) in [7, 11) is 0. The van der Waals surface area contributed by atoms with Crippen molar-refractivity contribution in [3.8, 4) is 0 Å². The van der Waals surface area contributed by atoms with Gasteiger partial charge >= 0.3 is 11.7 Å². The van der Waals surface area contributed by atoms with Crippen LogP contribution >= 0.6 is 0 Å². The maximum Gasteiger partial charge on any atom is 0.345 e. The number of H-pyrrole nitrogens is 1. The number of carboxylic acids is 1. The number of aromatic amines is 1. The van der Waals surface area contributed by atoms with Crippen molar-refractivity contribution in [3.63, 3.8) is 0 Å². The topological polar surface area (TPSA) is 92.3 Å². The van der Waals surface area contributed by atoms with Crippen LogP contribution in [0, 0.1) is 0 Å². The van der Waals surface area contributed by atoms with Gasteiger partial charge in [-0.05, 0) is 6.42 Å². The first-order valence-corrected chi connectivity index (χ1v) is 5.56. The average molecular weight is 238 g/mol. The van der Waals surface area contributed by atoms with E-state index in [9.17, 15) is 9.59 Å². The fourth-order valence-corrected chi connectivity index (χ4v) is 2.06. The second-order valence-corrected chi connectivity index (χ2v) is 3.99. The zero-order chi connectivity index (χ0) is 12.4. The number of hydrogen-bond donors (Lipinski definition) is 2. The van der Waals surface area contributed by atoms with Crippen LogP contribution in [0.25, 0.3) is 0 Å². The van der Waals surface area contributed by atoms with Crippen LogP contribution in [0.15, 0.2) is 4.79 Å². The summed E-state index contributed by atoms with van der Waals surface area (Å²) in [6.45, 7) is 2.62. The average Bonchev–Trinajstić information content (AvgIpc) is 2.29. The van der Waals surface area contributed by atoms with E-state index in [1.54, 1.807) is 6.92 Å². The fourth-order valence-electron chi connectivity index (χ4n) is 2.06. The van der Waals surface area contributed by atoms with Gasteiger partial charge in [0, 0.05) is 17.7 Å². The molecule has 2 heterocycles. The molecule has 0 saturated heterocycles. The summed E-state index contributed by atoms with van der Waals surface area (Å²) >= 11 is 0. The van der Waals surface area contributed by atoms with Gasteiger partial charge in [0.05, 0.1) is 24.8 Å². The predicted molar refractivity (Wildman–Crippen MR) is 58.9 cm³/mol. The Balaban J connectivity index is 2.55. The Bertz CT molecular complexity index is 495. The molecule has 92 valence electrons. The molecule has 6 heteroatoms. The zero-order valence-electron chi connectivity index (χ0n) is 9.52. The normalized spacial score (nSPS) is 16.3. The van der Waals surface area contributed by atoms with E-state index in [4.69, 9.17) is 9.84 Å².